The van der Waals surface area contributed by atoms with Crippen LogP contribution in [0, 0.1) is 5.82 Å². The summed E-state index contributed by atoms with van der Waals surface area (Å²) in [5, 5.41) is 5.97. The van der Waals surface area contributed by atoms with Crippen LogP contribution in [0.2, 0.25) is 0 Å². The number of carbonyl (C=O) groups excluding carboxylic acids is 1. The van der Waals surface area contributed by atoms with Gasteiger partial charge >= 0.3 is 6.09 Å². The van der Waals surface area contributed by atoms with Crippen LogP contribution >= 0.6 is 0 Å². The summed E-state index contributed by atoms with van der Waals surface area (Å²) in [5.41, 5.74) is 1.08. The maximum atomic E-state index is 13.3. The molecule has 5 heteroatoms. The molecule has 1 atom stereocenters. The Bertz CT molecular complexity index is 483. The lowest BCUT2D eigenvalue weighted by Gasteiger charge is -2.28. The highest BCUT2D eigenvalue weighted by Gasteiger charge is 2.24. The summed E-state index contributed by atoms with van der Waals surface area (Å²) < 4.78 is 18.5. The zero-order valence-electron chi connectivity index (χ0n) is 11.4. The third-order valence-electron chi connectivity index (χ3n) is 2.83. The first-order valence-corrected chi connectivity index (χ1v) is 6.38. The van der Waals surface area contributed by atoms with Crippen LogP contribution in [-0.2, 0) is 4.74 Å². The molecule has 0 fully saturated rings. The van der Waals surface area contributed by atoms with E-state index in [0.29, 0.717) is 6.42 Å². The van der Waals surface area contributed by atoms with E-state index < -0.39 is 11.7 Å². The molecule has 0 saturated carbocycles. The second-order valence-corrected chi connectivity index (χ2v) is 5.65. The predicted molar refractivity (Wildman–Crippen MR) is 71.6 cm³/mol. The highest BCUT2D eigenvalue weighted by Crippen LogP contribution is 2.30. The first-order chi connectivity index (χ1) is 8.85. The summed E-state index contributed by atoms with van der Waals surface area (Å²) in [4.78, 5) is 11.8. The van der Waals surface area contributed by atoms with Crippen molar-refractivity contribution in [3.05, 3.63) is 29.6 Å². The van der Waals surface area contributed by atoms with Crippen LogP contribution in [-0.4, -0.2) is 18.2 Å². The molecule has 19 heavy (non-hydrogen) atoms. The second kappa shape index (κ2) is 5.07. The average Bonchev–Trinajstić information content (AvgIpc) is 2.27. The number of alkyl carbamates (subject to hydrolysis) is 1. The molecule has 0 aliphatic carbocycles. The van der Waals surface area contributed by atoms with E-state index in [1.54, 1.807) is 6.07 Å². The van der Waals surface area contributed by atoms with Gasteiger partial charge in [0.05, 0.1) is 6.04 Å². The molecule has 0 spiro atoms. The van der Waals surface area contributed by atoms with Gasteiger partial charge in [0.15, 0.2) is 0 Å². The molecule has 1 aromatic rings. The van der Waals surface area contributed by atoms with E-state index in [4.69, 9.17) is 4.74 Å². The smallest absolute Gasteiger partial charge is 0.408 e. The van der Waals surface area contributed by atoms with Crippen LogP contribution in [0.4, 0.5) is 14.9 Å². The number of anilines is 1. The standard InChI is InChI=1S/C14H19FN2O2/c1-14(2,3)19-13(18)17-12-6-7-16-11-5-4-9(15)8-10(11)12/h4-5,8,12,16H,6-7H2,1-3H3,(H,17,18)/t12-/m1/s1. The number of nitrogens with one attached hydrogen (secondary N) is 2. The molecule has 2 N–H and O–H groups in total. The molecular formula is C14H19FN2O2. The molecule has 1 aliphatic heterocycles. The summed E-state index contributed by atoms with van der Waals surface area (Å²) in [6.07, 6.45) is 0.227. The maximum absolute atomic E-state index is 13.3. The van der Waals surface area contributed by atoms with Gasteiger partial charge in [-0.1, -0.05) is 0 Å². The lowest BCUT2D eigenvalue weighted by atomic mass is 9.98. The van der Waals surface area contributed by atoms with Crippen LogP contribution in [0.15, 0.2) is 18.2 Å². The zero-order chi connectivity index (χ0) is 14.0. The van der Waals surface area contributed by atoms with Gasteiger partial charge in [-0.2, -0.15) is 0 Å². The Morgan fingerprint density at radius 1 is 1.47 bits per heavy atom. The minimum absolute atomic E-state index is 0.221. The molecule has 0 aromatic heterocycles. The van der Waals surface area contributed by atoms with Crippen LogP contribution in [0.5, 0.6) is 0 Å². The number of hydrogen-bond acceptors (Lipinski definition) is 3. The van der Waals surface area contributed by atoms with Crippen molar-refractivity contribution in [2.24, 2.45) is 0 Å². The van der Waals surface area contributed by atoms with E-state index in [0.717, 1.165) is 17.8 Å². The predicted octanol–water partition coefficient (Wildman–Crippen LogP) is 3.21. The molecule has 1 aromatic carbocycles. The van der Waals surface area contributed by atoms with Crippen molar-refractivity contribution in [3.8, 4) is 0 Å². The molecule has 0 unspecified atom stereocenters. The molecule has 1 heterocycles. The summed E-state index contributed by atoms with van der Waals surface area (Å²) in [5.74, 6) is -0.307. The Labute approximate surface area is 112 Å². The summed E-state index contributed by atoms with van der Waals surface area (Å²) in [6.45, 7) is 6.16. The maximum Gasteiger partial charge on any atom is 0.408 e. The molecule has 0 radical (unpaired) electrons. The summed E-state index contributed by atoms with van der Waals surface area (Å²) >= 11 is 0. The molecule has 1 amide bonds. The largest absolute Gasteiger partial charge is 0.444 e. The van der Waals surface area contributed by atoms with E-state index in [1.165, 1.54) is 12.1 Å². The molecule has 0 bridgehead atoms. The quantitative estimate of drug-likeness (QED) is 0.820. The van der Waals surface area contributed by atoms with Gasteiger partial charge in [0, 0.05) is 17.8 Å². The van der Waals surface area contributed by atoms with Crippen LogP contribution in [0.25, 0.3) is 0 Å². The van der Waals surface area contributed by atoms with Gasteiger partial charge in [0.2, 0.25) is 0 Å². The number of halogens is 1. The van der Waals surface area contributed by atoms with E-state index in [1.807, 2.05) is 20.8 Å². The Morgan fingerprint density at radius 2 is 2.21 bits per heavy atom. The van der Waals surface area contributed by atoms with E-state index in [9.17, 15) is 9.18 Å². The molecule has 104 valence electrons. The Morgan fingerprint density at radius 3 is 2.89 bits per heavy atom. The molecule has 1 aliphatic rings. The Balaban J connectivity index is 2.11. The zero-order valence-corrected chi connectivity index (χ0v) is 11.4. The first kappa shape index (κ1) is 13.6. The molecule has 4 nitrogen and oxygen atoms in total. The SMILES string of the molecule is CC(C)(C)OC(=O)N[C@@H]1CCNc2ccc(F)cc21. The fourth-order valence-corrected chi connectivity index (χ4v) is 2.09. The van der Waals surface area contributed by atoms with Gasteiger partial charge in [-0.15, -0.1) is 0 Å². The Hall–Kier alpha value is -1.78. The van der Waals surface area contributed by atoms with Gasteiger partial charge in [-0.25, -0.2) is 9.18 Å². The lowest BCUT2D eigenvalue weighted by molar-refractivity contribution is 0.0501. The Kier molecular flexibility index (Phi) is 3.64. The third-order valence-corrected chi connectivity index (χ3v) is 2.83. The number of amides is 1. The number of ether oxygens (including phenoxy) is 1. The average molecular weight is 266 g/mol. The minimum Gasteiger partial charge on any atom is -0.444 e. The van der Waals surface area contributed by atoms with E-state index in [2.05, 4.69) is 10.6 Å². The van der Waals surface area contributed by atoms with E-state index in [-0.39, 0.29) is 11.9 Å². The van der Waals surface area contributed by atoms with Gasteiger partial charge in [0.1, 0.15) is 11.4 Å². The van der Waals surface area contributed by atoms with E-state index >= 15 is 0 Å². The van der Waals surface area contributed by atoms with Gasteiger partial charge in [-0.05, 0) is 45.4 Å². The number of fused-ring (bicyclic) bond motifs is 1. The highest BCUT2D eigenvalue weighted by atomic mass is 19.1. The van der Waals surface area contributed by atoms with Crippen molar-refractivity contribution < 1.29 is 13.9 Å². The molecule has 0 saturated heterocycles. The number of hydrogen-bond donors (Lipinski definition) is 2. The third kappa shape index (κ3) is 3.59. The first-order valence-electron chi connectivity index (χ1n) is 6.38. The minimum atomic E-state index is -0.540. The highest BCUT2D eigenvalue weighted by molar-refractivity contribution is 5.69. The van der Waals surface area contributed by atoms with Gasteiger partial charge < -0.3 is 15.4 Å². The number of benzene rings is 1. The topological polar surface area (TPSA) is 50.4 Å². The van der Waals surface area contributed by atoms with Crippen molar-refractivity contribution in [3.63, 3.8) is 0 Å². The molecule has 2 rings (SSSR count). The van der Waals surface area contributed by atoms with Crippen molar-refractivity contribution >= 4 is 11.8 Å². The lowest BCUT2D eigenvalue weighted by Crippen LogP contribution is -2.37. The second-order valence-electron chi connectivity index (χ2n) is 5.65. The number of carbonyl (C=O) groups is 1. The van der Waals surface area contributed by atoms with Crippen molar-refractivity contribution in [1.82, 2.24) is 5.32 Å². The monoisotopic (exact) mass is 266 g/mol. The molecular weight excluding hydrogens is 247 g/mol. The van der Waals surface area contributed by atoms with Crippen LogP contribution in [0.3, 0.4) is 0 Å². The summed E-state index contributed by atoms with van der Waals surface area (Å²) in [6, 6.07) is 4.32. The van der Waals surface area contributed by atoms with Crippen LogP contribution in [0.1, 0.15) is 38.8 Å². The van der Waals surface area contributed by atoms with Gasteiger partial charge in [0.25, 0.3) is 0 Å². The van der Waals surface area contributed by atoms with Crippen molar-refractivity contribution in [1.29, 1.82) is 0 Å². The number of rotatable bonds is 1. The van der Waals surface area contributed by atoms with Crippen molar-refractivity contribution in [2.45, 2.75) is 38.8 Å². The van der Waals surface area contributed by atoms with Crippen LogP contribution < -0.4 is 10.6 Å². The van der Waals surface area contributed by atoms with Gasteiger partial charge in [-0.3, -0.25) is 0 Å². The summed E-state index contributed by atoms with van der Waals surface area (Å²) in [7, 11) is 0. The van der Waals surface area contributed by atoms with Crippen molar-refractivity contribution in [2.75, 3.05) is 11.9 Å². The normalized spacial score (nSPS) is 18.2. The fourth-order valence-electron chi connectivity index (χ4n) is 2.09. The fraction of sp³-hybridized carbons (Fsp3) is 0.500.